The van der Waals surface area contributed by atoms with Crippen LogP contribution >= 0.6 is 0 Å². The molecule has 1 aromatic carbocycles. The number of ether oxygens (including phenoxy) is 1. The van der Waals surface area contributed by atoms with Crippen LogP contribution in [0.2, 0.25) is 0 Å². The first kappa shape index (κ1) is 15.5. The lowest BCUT2D eigenvalue weighted by molar-refractivity contribution is 0.0765. The van der Waals surface area contributed by atoms with E-state index >= 15 is 0 Å². The van der Waals surface area contributed by atoms with Gasteiger partial charge in [-0.2, -0.15) is 0 Å². The first-order chi connectivity index (χ1) is 11.2. The zero-order valence-electron chi connectivity index (χ0n) is 13.6. The van der Waals surface area contributed by atoms with Gasteiger partial charge in [0.25, 0.3) is 5.91 Å². The van der Waals surface area contributed by atoms with Crippen molar-refractivity contribution in [2.24, 2.45) is 0 Å². The summed E-state index contributed by atoms with van der Waals surface area (Å²) in [5.74, 6) is 1.61. The highest BCUT2D eigenvalue weighted by Crippen LogP contribution is 2.21. The summed E-state index contributed by atoms with van der Waals surface area (Å²) < 4.78 is 10.5. The third-order valence-electron chi connectivity index (χ3n) is 4.31. The molecule has 122 valence electrons. The number of carbonyl (C=O) groups is 1. The van der Waals surface area contributed by atoms with Crippen molar-refractivity contribution in [3.8, 4) is 5.75 Å². The molecule has 5 nitrogen and oxygen atoms in total. The molecule has 0 unspecified atom stereocenters. The molecular weight excluding hydrogens is 292 g/mol. The number of anilines is 1. The maximum atomic E-state index is 12.6. The van der Waals surface area contributed by atoms with Gasteiger partial charge in [-0.15, -0.1) is 0 Å². The standard InChI is InChI=1S/C18H22N2O3/c1-14-17(8-13-23-14)18(21)20-10-3-9-19(11-12-20)15-4-6-16(22-2)7-5-15/h4-8,13H,3,9-12H2,1-2H3. The van der Waals surface area contributed by atoms with Crippen LogP contribution in [0.4, 0.5) is 5.69 Å². The topological polar surface area (TPSA) is 45.9 Å². The molecule has 23 heavy (non-hydrogen) atoms. The van der Waals surface area contributed by atoms with Crippen LogP contribution in [0.25, 0.3) is 0 Å². The Morgan fingerprint density at radius 2 is 1.87 bits per heavy atom. The summed E-state index contributed by atoms with van der Waals surface area (Å²) in [5, 5.41) is 0. The van der Waals surface area contributed by atoms with E-state index in [-0.39, 0.29) is 5.91 Å². The third-order valence-corrected chi connectivity index (χ3v) is 4.31. The second kappa shape index (κ2) is 6.77. The molecule has 0 atom stereocenters. The average molecular weight is 314 g/mol. The van der Waals surface area contributed by atoms with Crippen molar-refractivity contribution in [2.75, 3.05) is 38.2 Å². The summed E-state index contributed by atoms with van der Waals surface area (Å²) in [6.07, 6.45) is 2.53. The van der Waals surface area contributed by atoms with Gasteiger partial charge in [0.15, 0.2) is 0 Å². The van der Waals surface area contributed by atoms with Gasteiger partial charge in [-0.05, 0) is 43.7 Å². The van der Waals surface area contributed by atoms with Gasteiger partial charge in [-0.1, -0.05) is 0 Å². The SMILES string of the molecule is COc1ccc(N2CCCN(C(=O)c3ccoc3C)CC2)cc1. The summed E-state index contributed by atoms with van der Waals surface area (Å²) in [6.45, 7) is 5.09. The molecule has 0 N–H and O–H groups in total. The zero-order valence-corrected chi connectivity index (χ0v) is 13.6. The molecule has 0 aliphatic carbocycles. The normalized spacial score (nSPS) is 15.4. The highest BCUT2D eigenvalue weighted by atomic mass is 16.5. The lowest BCUT2D eigenvalue weighted by Crippen LogP contribution is -2.35. The summed E-state index contributed by atoms with van der Waals surface area (Å²) in [5.41, 5.74) is 1.84. The number of amides is 1. The number of nitrogens with zero attached hydrogens (tertiary/aromatic N) is 2. The molecule has 0 saturated carbocycles. The predicted octanol–water partition coefficient (Wildman–Crippen LogP) is 2.95. The lowest BCUT2D eigenvalue weighted by atomic mass is 10.2. The molecule has 0 bridgehead atoms. The predicted molar refractivity (Wildman–Crippen MR) is 89.2 cm³/mol. The fourth-order valence-electron chi connectivity index (χ4n) is 2.95. The van der Waals surface area contributed by atoms with Crippen LogP contribution in [-0.2, 0) is 0 Å². The largest absolute Gasteiger partial charge is 0.497 e. The van der Waals surface area contributed by atoms with Crippen LogP contribution in [0.3, 0.4) is 0 Å². The Balaban J connectivity index is 1.67. The van der Waals surface area contributed by atoms with E-state index in [9.17, 15) is 4.79 Å². The highest BCUT2D eigenvalue weighted by molar-refractivity contribution is 5.95. The van der Waals surface area contributed by atoms with Crippen molar-refractivity contribution < 1.29 is 13.9 Å². The fraction of sp³-hybridized carbons (Fsp3) is 0.389. The molecule has 5 heteroatoms. The van der Waals surface area contributed by atoms with Crippen LogP contribution in [0.1, 0.15) is 22.5 Å². The van der Waals surface area contributed by atoms with Crippen molar-refractivity contribution in [1.29, 1.82) is 0 Å². The van der Waals surface area contributed by atoms with Gasteiger partial charge < -0.3 is 19.0 Å². The molecule has 1 aliphatic rings. The van der Waals surface area contributed by atoms with Gasteiger partial charge >= 0.3 is 0 Å². The van der Waals surface area contributed by atoms with Gasteiger partial charge in [-0.3, -0.25) is 4.79 Å². The van der Waals surface area contributed by atoms with E-state index in [4.69, 9.17) is 9.15 Å². The molecule has 2 heterocycles. The van der Waals surface area contributed by atoms with E-state index < -0.39 is 0 Å². The number of hydrogen-bond donors (Lipinski definition) is 0. The van der Waals surface area contributed by atoms with Gasteiger partial charge in [0, 0.05) is 31.9 Å². The summed E-state index contributed by atoms with van der Waals surface area (Å²) in [4.78, 5) is 16.8. The van der Waals surface area contributed by atoms with Crippen LogP contribution in [0, 0.1) is 6.92 Å². The van der Waals surface area contributed by atoms with E-state index in [0.717, 1.165) is 38.3 Å². The van der Waals surface area contributed by atoms with Crippen molar-refractivity contribution in [1.82, 2.24) is 4.90 Å². The first-order valence-corrected chi connectivity index (χ1v) is 7.91. The number of furan rings is 1. The molecule has 0 spiro atoms. The Bertz CT molecular complexity index is 663. The number of rotatable bonds is 3. The second-order valence-electron chi connectivity index (χ2n) is 5.72. The van der Waals surface area contributed by atoms with E-state index in [1.807, 2.05) is 24.0 Å². The van der Waals surface area contributed by atoms with Crippen molar-refractivity contribution in [3.63, 3.8) is 0 Å². The first-order valence-electron chi connectivity index (χ1n) is 7.91. The molecule has 0 radical (unpaired) electrons. The third kappa shape index (κ3) is 3.33. The highest BCUT2D eigenvalue weighted by Gasteiger charge is 2.22. The van der Waals surface area contributed by atoms with Crippen LogP contribution < -0.4 is 9.64 Å². The molecule has 1 fully saturated rings. The van der Waals surface area contributed by atoms with Gasteiger partial charge in [-0.25, -0.2) is 0 Å². The summed E-state index contributed by atoms with van der Waals surface area (Å²) in [7, 11) is 1.67. The second-order valence-corrected chi connectivity index (χ2v) is 5.72. The summed E-state index contributed by atoms with van der Waals surface area (Å²) in [6, 6.07) is 9.83. The number of hydrogen-bond acceptors (Lipinski definition) is 4. The Morgan fingerprint density at radius 3 is 2.52 bits per heavy atom. The smallest absolute Gasteiger partial charge is 0.257 e. The molecule has 1 saturated heterocycles. The van der Waals surface area contributed by atoms with E-state index in [0.29, 0.717) is 11.3 Å². The van der Waals surface area contributed by atoms with Crippen LogP contribution in [0.5, 0.6) is 5.75 Å². The van der Waals surface area contributed by atoms with Crippen molar-refractivity contribution in [2.45, 2.75) is 13.3 Å². The Labute approximate surface area is 136 Å². The maximum absolute atomic E-state index is 12.6. The maximum Gasteiger partial charge on any atom is 0.257 e. The van der Waals surface area contributed by atoms with Gasteiger partial charge in [0.2, 0.25) is 0 Å². The van der Waals surface area contributed by atoms with Crippen molar-refractivity contribution in [3.05, 3.63) is 47.9 Å². The van der Waals surface area contributed by atoms with Gasteiger partial charge in [0.05, 0.1) is 18.9 Å². The number of aryl methyl sites for hydroxylation is 1. The monoisotopic (exact) mass is 314 g/mol. The van der Waals surface area contributed by atoms with E-state index in [2.05, 4.69) is 17.0 Å². The summed E-state index contributed by atoms with van der Waals surface area (Å²) >= 11 is 0. The lowest BCUT2D eigenvalue weighted by Gasteiger charge is -2.23. The minimum Gasteiger partial charge on any atom is -0.497 e. The molecule has 3 rings (SSSR count). The number of carbonyl (C=O) groups excluding carboxylic acids is 1. The van der Waals surface area contributed by atoms with Crippen LogP contribution in [-0.4, -0.2) is 44.1 Å². The molecule has 1 amide bonds. The van der Waals surface area contributed by atoms with E-state index in [1.54, 1.807) is 19.4 Å². The van der Waals surface area contributed by atoms with Gasteiger partial charge in [0.1, 0.15) is 11.5 Å². The Hall–Kier alpha value is -2.43. The number of methoxy groups -OCH3 is 1. The minimum atomic E-state index is 0.0628. The fourth-order valence-corrected chi connectivity index (χ4v) is 2.95. The molecule has 2 aromatic rings. The van der Waals surface area contributed by atoms with E-state index in [1.165, 1.54) is 5.69 Å². The zero-order chi connectivity index (χ0) is 16.2. The molecule has 1 aromatic heterocycles. The Morgan fingerprint density at radius 1 is 1.09 bits per heavy atom. The van der Waals surface area contributed by atoms with Crippen molar-refractivity contribution >= 4 is 11.6 Å². The average Bonchev–Trinajstić information content (AvgIpc) is 2.86. The number of benzene rings is 1. The van der Waals surface area contributed by atoms with Crippen LogP contribution in [0.15, 0.2) is 41.0 Å². The quantitative estimate of drug-likeness (QED) is 0.874. The Kier molecular flexibility index (Phi) is 4.55. The molecular formula is C18H22N2O3. The minimum absolute atomic E-state index is 0.0628. The molecule has 1 aliphatic heterocycles.